The second-order valence-electron chi connectivity index (χ2n) is 7.56. The van der Waals surface area contributed by atoms with Gasteiger partial charge in [0.15, 0.2) is 0 Å². The van der Waals surface area contributed by atoms with E-state index in [9.17, 15) is 9.59 Å². The molecule has 0 saturated carbocycles. The normalized spacial score (nSPS) is 15.6. The summed E-state index contributed by atoms with van der Waals surface area (Å²) in [5.41, 5.74) is 2.90. The highest BCUT2D eigenvalue weighted by Crippen LogP contribution is 2.41. The molecule has 0 radical (unpaired) electrons. The van der Waals surface area contributed by atoms with Gasteiger partial charge in [0.2, 0.25) is 0 Å². The molecule has 5 nitrogen and oxygen atoms in total. The zero-order chi connectivity index (χ0) is 21.8. The maximum Gasteiger partial charge on any atom is 0.338 e. The monoisotopic (exact) mass is 452 g/mol. The van der Waals surface area contributed by atoms with E-state index < -0.39 is 0 Å². The molecule has 0 unspecified atom stereocenters. The van der Waals surface area contributed by atoms with Crippen LogP contribution in [0.3, 0.4) is 0 Å². The molecule has 31 heavy (non-hydrogen) atoms. The minimum Gasteiger partial charge on any atom is -0.462 e. The van der Waals surface area contributed by atoms with Crippen LogP contribution in [0, 0.1) is 5.92 Å². The van der Waals surface area contributed by atoms with Crippen molar-refractivity contribution in [3.63, 3.8) is 0 Å². The number of carbonyl (C=O) groups is 2. The van der Waals surface area contributed by atoms with Crippen LogP contribution in [0.4, 0.5) is 10.7 Å². The molecule has 0 aliphatic heterocycles. The minimum atomic E-state index is -0.369. The Morgan fingerprint density at radius 2 is 2.06 bits per heavy atom. The van der Waals surface area contributed by atoms with E-state index in [0.29, 0.717) is 29.3 Å². The summed E-state index contributed by atoms with van der Waals surface area (Å²) in [6, 6.07) is 10.8. The Bertz CT molecular complexity index is 1100. The van der Waals surface area contributed by atoms with Crippen molar-refractivity contribution in [2.45, 2.75) is 33.1 Å². The van der Waals surface area contributed by atoms with Gasteiger partial charge in [-0.3, -0.25) is 4.79 Å². The molecule has 0 saturated heterocycles. The van der Waals surface area contributed by atoms with Gasteiger partial charge < -0.3 is 10.1 Å². The van der Waals surface area contributed by atoms with Crippen molar-refractivity contribution in [1.82, 2.24) is 0 Å². The summed E-state index contributed by atoms with van der Waals surface area (Å²) in [5.74, 6) is 0.0903. The lowest BCUT2D eigenvalue weighted by atomic mass is 9.88. The van der Waals surface area contributed by atoms with Crippen LogP contribution in [-0.2, 0) is 17.6 Å². The molecule has 2 heterocycles. The van der Waals surface area contributed by atoms with Gasteiger partial charge in [-0.05, 0) is 73.4 Å². The number of hydrogen-bond acceptors (Lipinski definition) is 6. The van der Waals surface area contributed by atoms with Crippen LogP contribution < -0.4 is 5.32 Å². The van der Waals surface area contributed by atoms with E-state index in [2.05, 4.69) is 17.2 Å². The highest BCUT2D eigenvalue weighted by molar-refractivity contribution is 7.16. The number of nitrogens with zero attached hydrogens (tertiary/aromatic N) is 1. The number of ether oxygens (including phenoxy) is 1. The fourth-order valence-electron chi connectivity index (χ4n) is 3.65. The average molecular weight is 453 g/mol. The predicted octanol–water partition coefficient (Wildman–Crippen LogP) is 6.11. The molecular weight excluding hydrogens is 428 g/mol. The molecule has 1 N–H and O–H groups in total. The average Bonchev–Trinajstić information content (AvgIpc) is 3.40. The van der Waals surface area contributed by atoms with Gasteiger partial charge in [-0.15, -0.1) is 22.7 Å². The third-order valence-electron chi connectivity index (χ3n) is 5.23. The molecule has 0 spiro atoms. The summed E-state index contributed by atoms with van der Waals surface area (Å²) in [5, 5.41) is 5.75. The Balaban J connectivity index is 1.60. The minimum absolute atomic E-state index is 0.158. The first-order valence-corrected chi connectivity index (χ1v) is 12.1. The number of amides is 1. The van der Waals surface area contributed by atoms with E-state index in [1.54, 1.807) is 53.9 Å². The van der Waals surface area contributed by atoms with Crippen LogP contribution in [0.2, 0.25) is 0 Å². The topological polar surface area (TPSA) is 67.8 Å². The fraction of sp³-hybridized carbons (Fsp3) is 0.292. The number of fused-ring (bicyclic) bond motifs is 1. The van der Waals surface area contributed by atoms with Gasteiger partial charge in [0.1, 0.15) is 5.00 Å². The van der Waals surface area contributed by atoms with E-state index >= 15 is 0 Å². The first kappa shape index (κ1) is 21.5. The Labute approximate surface area is 189 Å². The number of aliphatic imine (C=N–C) groups is 1. The first-order chi connectivity index (χ1) is 15.0. The zero-order valence-corrected chi connectivity index (χ0v) is 19.1. The number of esters is 1. The number of anilines is 1. The summed E-state index contributed by atoms with van der Waals surface area (Å²) in [6.07, 6.45) is 4.79. The quantitative estimate of drug-likeness (QED) is 0.362. The van der Waals surface area contributed by atoms with Crippen LogP contribution in [0.15, 0.2) is 46.8 Å². The van der Waals surface area contributed by atoms with Gasteiger partial charge in [-0.1, -0.05) is 13.0 Å². The number of rotatable bonds is 6. The third-order valence-corrected chi connectivity index (χ3v) is 7.20. The van der Waals surface area contributed by atoms with Crippen LogP contribution in [0.1, 0.15) is 56.3 Å². The van der Waals surface area contributed by atoms with Gasteiger partial charge in [0.05, 0.1) is 17.7 Å². The second-order valence-corrected chi connectivity index (χ2v) is 9.62. The van der Waals surface area contributed by atoms with E-state index in [0.717, 1.165) is 34.7 Å². The highest BCUT2D eigenvalue weighted by atomic mass is 32.1. The molecule has 1 amide bonds. The molecule has 1 aliphatic carbocycles. The summed E-state index contributed by atoms with van der Waals surface area (Å²) in [6.45, 7) is 4.35. The van der Waals surface area contributed by atoms with E-state index in [1.165, 1.54) is 4.88 Å². The maximum atomic E-state index is 13.3. The van der Waals surface area contributed by atoms with Gasteiger partial charge in [-0.2, -0.15) is 0 Å². The SMILES string of the molecule is CCOC(=O)c1ccc(NC(=O)c2c(N=Cc3cccs3)sc3c2CC[C@@H](C)C3)cc1. The van der Waals surface area contributed by atoms with Crippen molar-refractivity contribution in [3.05, 3.63) is 68.2 Å². The van der Waals surface area contributed by atoms with E-state index in [1.807, 2.05) is 23.7 Å². The number of nitrogens with one attached hydrogen (secondary N) is 1. The lowest BCUT2D eigenvalue weighted by molar-refractivity contribution is 0.0526. The molecule has 7 heteroatoms. The van der Waals surface area contributed by atoms with Crippen molar-refractivity contribution in [3.8, 4) is 0 Å². The van der Waals surface area contributed by atoms with Gasteiger partial charge in [-0.25, -0.2) is 9.79 Å². The largest absolute Gasteiger partial charge is 0.462 e. The van der Waals surface area contributed by atoms with Gasteiger partial charge in [0, 0.05) is 21.7 Å². The zero-order valence-electron chi connectivity index (χ0n) is 17.5. The molecular formula is C24H24N2O3S2. The lowest BCUT2D eigenvalue weighted by Crippen LogP contribution is -2.16. The standard InChI is InChI=1S/C24H24N2O3S2/c1-3-29-24(28)16-7-9-17(10-8-16)26-22(27)21-19-11-6-15(2)13-20(19)31-23(21)25-14-18-5-4-12-30-18/h4-5,7-10,12,14-15H,3,6,11,13H2,1-2H3,(H,26,27)/t15-/m1/s1. The molecule has 160 valence electrons. The molecule has 1 aromatic carbocycles. The molecule has 4 rings (SSSR count). The van der Waals surface area contributed by atoms with Crippen molar-refractivity contribution in [2.75, 3.05) is 11.9 Å². The third kappa shape index (κ3) is 4.94. The number of benzene rings is 1. The molecule has 0 bridgehead atoms. The molecule has 0 fully saturated rings. The predicted molar refractivity (Wildman–Crippen MR) is 127 cm³/mol. The molecule has 1 atom stereocenters. The maximum absolute atomic E-state index is 13.3. The molecule has 3 aromatic rings. The van der Waals surface area contributed by atoms with E-state index in [4.69, 9.17) is 4.74 Å². The fourth-order valence-corrected chi connectivity index (χ4v) is 5.58. The smallest absolute Gasteiger partial charge is 0.338 e. The molecule has 2 aromatic heterocycles. The summed E-state index contributed by atoms with van der Waals surface area (Å²) < 4.78 is 5.01. The van der Waals surface area contributed by atoms with Crippen LogP contribution >= 0.6 is 22.7 Å². The summed E-state index contributed by atoms with van der Waals surface area (Å²) in [4.78, 5) is 32.1. The van der Waals surface area contributed by atoms with Crippen LogP contribution in [-0.4, -0.2) is 24.7 Å². The highest BCUT2D eigenvalue weighted by Gasteiger charge is 2.27. The van der Waals surface area contributed by atoms with Gasteiger partial charge >= 0.3 is 5.97 Å². The summed E-state index contributed by atoms with van der Waals surface area (Å²) >= 11 is 3.24. The number of carbonyl (C=O) groups excluding carboxylic acids is 2. The van der Waals surface area contributed by atoms with Gasteiger partial charge in [0.25, 0.3) is 5.91 Å². The van der Waals surface area contributed by atoms with Crippen LogP contribution in [0.5, 0.6) is 0 Å². The van der Waals surface area contributed by atoms with E-state index in [-0.39, 0.29) is 11.9 Å². The second kappa shape index (κ2) is 9.58. The van der Waals surface area contributed by atoms with Crippen molar-refractivity contribution < 1.29 is 14.3 Å². The molecule has 1 aliphatic rings. The Hall–Kier alpha value is -2.77. The first-order valence-electron chi connectivity index (χ1n) is 10.4. The Morgan fingerprint density at radius 1 is 1.26 bits per heavy atom. The van der Waals surface area contributed by atoms with Crippen molar-refractivity contribution in [1.29, 1.82) is 0 Å². The lowest BCUT2D eigenvalue weighted by Gasteiger charge is -2.18. The Morgan fingerprint density at radius 3 is 2.77 bits per heavy atom. The Kier molecular flexibility index (Phi) is 6.63. The van der Waals surface area contributed by atoms with Crippen LogP contribution in [0.25, 0.3) is 0 Å². The van der Waals surface area contributed by atoms with Crippen molar-refractivity contribution in [2.24, 2.45) is 10.9 Å². The number of thiophene rings is 2. The summed E-state index contributed by atoms with van der Waals surface area (Å²) in [7, 11) is 0. The van der Waals surface area contributed by atoms with Crippen molar-refractivity contribution >= 4 is 51.5 Å². The number of hydrogen-bond donors (Lipinski definition) is 1.